The quantitative estimate of drug-likeness (QED) is 0.635. The van der Waals surface area contributed by atoms with Crippen molar-refractivity contribution in [3.05, 3.63) is 65.0 Å². The van der Waals surface area contributed by atoms with Crippen molar-refractivity contribution in [2.24, 2.45) is 0 Å². The molecule has 0 aliphatic heterocycles. The van der Waals surface area contributed by atoms with Crippen LogP contribution in [0.25, 0.3) is 0 Å². The summed E-state index contributed by atoms with van der Waals surface area (Å²) >= 11 is -2.41. The number of carbonyl (C=O) groups excluding carboxylic acids is 1. The third-order valence-corrected chi connectivity index (χ3v) is 3.86. The minimum Gasteiger partial charge on any atom is -0.465 e. The Morgan fingerprint density at radius 3 is 2.62 bits per heavy atom. The molecule has 128 valence electrons. The van der Waals surface area contributed by atoms with E-state index in [1.807, 2.05) is 0 Å². The van der Waals surface area contributed by atoms with Crippen LogP contribution in [-0.2, 0) is 29.1 Å². The van der Waals surface area contributed by atoms with E-state index in [4.69, 9.17) is 0 Å². The summed E-state index contributed by atoms with van der Waals surface area (Å²) in [6.45, 7) is -0.320. The zero-order valence-corrected chi connectivity index (χ0v) is 13.4. The van der Waals surface area contributed by atoms with Crippen LogP contribution in [0.3, 0.4) is 0 Å². The highest BCUT2D eigenvalue weighted by molar-refractivity contribution is 7.76. The third kappa shape index (κ3) is 4.63. The first-order chi connectivity index (χ1) is 11.4. The number of ether oxygens (including phenoxy) is 1. The van der Waals surface area contributed by atoms with Crippen molar-refractivity contribution in [1.29, 1.82) is 0 Å². The lowest BCUT2D eigenvalue weighted by Crippen LogP contribution is -2.25. The van der Waals surface area contributed by atoms with Gasteiger partial charge in [0, 0.05) is 24.8 Å². The van der Waals surface area contributed by atoms with Crippen molar-refractivity contribution in [3.63, 3.8) is 0 Å². The Morgan fingerprint density at radius 2 is 2.04 bits per heavy atom. The first-order valence-electron chi connectivity index (χ1n) is 6.72. The van der Waals surface area contributed by atoms with Crippen molar-refractivity contribution in [2.75, 3.05) is 7.11 Å². The standard InChI is InChI=1S/C15H14F2N2O4S/c1-23-15(20)11-2-3-12(14(17)5-11)9-19(24(21)22)8-10-4-13(16)7-18-6-10/h2-7H,8-9H2,1H3,(H,21,22). The molecule has 1 N–H and O–H groups in total. The normalized spacial score (nSPS) is 12.2. The van der Waals surface area contributed by atoms with Gasteiger partial charge in [-0.2, -0.15) is 4.31 Å². The number of pyridine rings is 1. The molecular formula is C15H14F2N2O4S. The number of hydrogen-bond acceptors (Lipinski definition) is 4. The predicted molar refractivity (Wildman–Crippen MR) is 82.0 cm³/mol. The molecule has 0 aliphatic rings. The topological polar surface area (TPSA) is 79.7 Å². The Balaban J connectivity index is 2.19. The number of hydrogen-bond donors (Lipinski definition) is 1. The number of halogens is 2. The Morgan fingerprint density at radius 1 is 1.29 bits per heavy atom. The van der Waals surface area contributed by atoms with E-state index in [2.05, 4.69) is 9.72 Å². The van der Waals surface area contributed by atoms with Crippen molar-refractivity contribution in [1.82, 2.24) is 9.29 Å². The number of benzene rings is 1. The van der Waals surface area contributed by atoms with Gasteiger partial charge in [0.15, 0.2) is 0 Å². The van der Waals surface area contributed by atoms with E-state index in [-0.39, 0.29) is 24.2 Å². The third-order valence-electron chi connectivity index (χ3n) is 3.16. The highest BCUT2D eigenvalue weighted by Gasteiger charge is 2.17. The molecule has 1 aromatic heterocycles. The lowest BCUT2D eigenvalue weighted by Gasteiger charge is -2.18. The Bertz CT molecular complexity index is 773. The number of rotatable bonds is 6. The first-order valence-corrected chi connectivity index (χ1v) is 7.79. The summed E-state index contributed by atoms with van der Waals surface area (Å²) in [4.78, 5) is 15.0. The molecule has 0 saturated heterocycles. The highest BCUT2D eigenvalue weighted by Crippen LogP contribution is 2.16. The molecular weight excluding hydrogens is 342 g/mol. The van der Waals surface area contributed by atoms with Crippen LogP contribution in [-0.4, -0.2) is 31.1 Å². The molecule has 1 heterocycles. The van der Waals surface area contributed by atoms with Crippen LogP contribution in [0.5, 0.6) is 0 Å². The van der Waals surface area contributed by atoms with Crippen molar-refractivity contribution in [2.45, 2.75) is 13.1 Å². The summed E-state index contributed by atoms with van der Waals surface area (Å²) in [6, 6.07) is 4.84. The summed E-state index contributed by atoms with van der Waals surface area (Å²) in [7, 11) is 1.18. The van der Waals surface area contributed by atoms with Crippen LogP contribution in [0.15, 0.2) is 36.7 Å². The second-order valence-electron chi connectivity index (χ2n) is 4.84. The molecule has 0 bridgehead atoms. The molecule has 0 saturated carbocycles. The average Bonchev–Trinajstić information content (AvgIpc) is 2.55. The van der Waals surface area contributed by atoms with E-state index in [9.17, 15) is 22.3 Å². The Kier molecular flexibility index (Phi) is 6.07. The van der Waals surface area contributed by atoms with Crippen molar-refractivity contribution >= 4 is 17.2 Å². The predicted octanol–water partition coefficient (Wildman–Crippen LogP) is 2.29. The van der Waals surface area contributed by atoms with Gasteiger partial charge in [-0.15, -0.1) is 0 Å². The van der Waals surface area contributed by atoms with Gasteiger partial charge in [-0.3, -0.25) is 9.54 Å². The molecule has 2 aromatic rings. The number of methoxy groups -OCH3 is 1. The second kappa shape index (κ2) is 8.04. The molecule has 1 atom stereocenters. The van der Waals surface area contributed by atoms with Gasteiger partial charge >= 0.3 is 5.97 Å². The largest absolute Gasteiger partial charge is 0.465 e. The summed E-state index contributed by atoms with van der Waals surface area (Å²) in [6.07, 6.45) is 2.36. The van der Waals surface area contributed by atoms with Crippen LogP contribution < -0.4 is 0 Å². The smallest absolute Gasteiger partial charge is 0.337 e. The van der Waals surface area contributed by atoms with Crippen LogP contribution >= 0.6 is 0 Å². The zero-order chi connectivity index (χ0) is 17.7. The van der Waals surface area contributed by atoms with Gasteiger partial charge in [0.2, 0.25) is 11.3 Å². The van der Waals surface area contributed by atoms with E-state index >= 15 is 0 Å². The van der Waals surface area contributed by atoms with Crippen molar-refractivity contribution in [3.8, 4) is 0 Å². The zero-order valence-electron chi connectivity index (χ0n) is 12.6. The summed E-state index contributed by atoms with van der Waals surface area (Å²) in [5.74, 6) is -1.98. The molecule has 0 radical (unpaired) electrons. The molecule has 2 rings (SSSR count). The fourth-order valence-corrected chi connectivity index (χ4v) is 2.53. The molecule has 0 fully saturated rings. The molecule has 0 amide bonds. The van der Waals surface area contributed by atoms with E-state index in [1.165, 1.54) is 31.5 Å². The van der Waals surface area contributed by atoms with Gasteiger partial charge in [-0.25, -0.2) is 17.8 Å². The maximum atomic E-state index is 14.1. The minimum atomic E-state index is -2.41. The van der Waals surface area contributed by atoms with Crippen molar-refractivity contribution < 1.29 is 27.1 Å². The van der Waals surface area contributed by atoms with Crippen LogP contribution in [0.1, 0.15) is 21.5 Å². The van der Waals surface area contributed by atoms with Gasteiger partial charge in [0.25, 0.3) is 0 Å². The van der Waals surface area contributed by atoms with E-state index < -0.39 is 28.9 Å². The number of esters is 1. The fourth-order valence-electron chi connectivity index (χ4n) is 2.02. The lowest BCUT2D eigenvalue weighted by molar-refractivity contribution is 0.0600. The maximum absolute atomic E-state index is 14.1. The first kappa shape index (κ1) is 18.1. The molecule has 1 aromatic carbocycles. The maximum Gasteiger partial charge on any atom is 0.337 e. The molecule has 9 heteroatoms. The Labute approximate surface area is 139 Å². The van der Waals surface area contributed by atoms with Gasteiger partial charge in [0.1, 0.15) is 11.6 Å². The van der Waals surface area contributed by atoms with E-state index in [0.717, 1.165) is 16.6 Å². The van der Waals surface area contributed by atoms with Gasteiger partial charge in [-0.1, -0.05) is 6.07 Å². The molecule has 1 unspecified atom stereocenters. The number of carbonyl (C=O) groups is 1. The van der Waals surface area contributed by atoms with E-state index in [0.29, 0.717) is 5.56 Å². The van der Waals surface area contributed by atoms with Gasteiger partial charge in [-0.05, 0) is 23.8 Å². The SMILES string of the molecule is COC(=O)c1ccc(CN(Cc2cncc(F)c2)S(=O)O)c(F)c1. The Hall–Kier alpha value is -2.23. The van der Waals surface area contributed by atoms with Crippen LogP contribution in [0, 0.1) is 11.6 Å². The number of nitrogens with zero attached hydrogens (tertiary/aromatic N) is 2. The molecule has 24 heavy (non-hydrogen) atoms. The van der Waals surface area contributed by atoms with E-state index in [1.54, 1.807) is 0 Å². The fraction of sp³-hybridized carbons (Fsp3) is 0.200. The van der Waals surface area contributed by atoms with Gasteiger partial charge < -0.3 is 4.74 Å². The number of aromatic nitrogens is 1. The van der Waals surface area contributed by atoms with Gasteiger partial charge in [0.05, 0.1) is 18.9 Å². The average molecular weight is 356 g/mol. The second-order valence-corrected chi connectivity index (χ2v) is 5.82. The molecule has 6 nitrogen and oxygen atoms in total. The highest BCUT2D eigenvalue weighted by atomic mass is 32.2. The van der Waals surface area contributed by atoms with Crippen LogP contribution in [0.2, 0.25) is 0 Å². The monoisotopic (exact) mass is 356 g/mol. The van der Waals surface area contributed by atoms with Crippen LogP contribution in [0.4, 0.5) is 8.78 Å². The molecule has 0 aliphatic carbocycles. The lowest BCUT2D eigenvalue weighted by atomic mass is 10.1. The minimum absolute atomic E-state index is 0.0322. The summed E-state index contributed by atoms with van der Waals surface area (Å²) in [5.41, 5.74) is 0.503. The summed E-state index contributed by atoms with van der Waals surface area (Å²) < 4.78 is 53.6. The summed E-state index contributed by atoms with van der Waals surface area (Å²) in [5, 5.41) is 0. The molecule has 0 spiro atoms.